The van der Waals surface area contributed by atoms with Gasteiger partial charge in [0.05, 0.1) is 17.6 Å². The van der Waals surface area contributed by atoms with Crippen molar-refractivity contribution in [1.82, 2.24) is 34.4 Å². The van der Waals surface area contributed by atoms with E-state index < -0.39 is 0 Å². The van der Waals surface area contributed by atoms with Crippen molar-refractivity contribution in [3.8, 4) is 11.4 Å². The lowest BCUT2D eigenvalue weighted by molar-refractivity contribution is 0.150. The third-order valence-electron chi connectivity index (χ3n) is 5.22. The molecule has 1 aliphatic heterocycles. The molecule has 0 radical (unpaired) electrons. The Morgan fingerprint density at radius 3 is 2.88 bits per heavy atom. The van der Waals surface area contributed by atoms with Crippen molar-refractivity contribution >= 4 is 0 Å². The topological polar surface area (TPSA) is 64.7 Å². The molecule has 7 nitrogen and oxygen atoms in total. The number of nitrogens with zero attached hydrogens (tertiary/aromatic N) is 7. The molecule has 1 unspecified atom stereocenters. The molecule has 1 fully saturated rings. The van der Waals surface area contributed by atoms with Crippen LogP contribution in [0.2, 0.25) is 0 Å². The molecule has 26 heavy (non-hydrogen) atoms. The van der Waals surface area contributed by atoms with Crippen LogP contribution in [0.5, 0.6) is 0 Å². The molecule has 7 heteroatoms. The largest absolute Gasteiger partial charge is 0.334 e. The third-order valence-corrected chi connectivity index (χ3v) is 5.22. The molecule has 0 bridgehead atoms. The summed E-state index contributed by atoms with van der Waals surface area (Å²) in [5.41, 5.74) is 2.99. The number of piperidine rings is 1. The van der Waals surface area contributed by atoms with E-state index in [9.17, 15) is 0 Å². The minimum Gasteiger partial charge on any atom is -0.334 e. The molecule has 1 atom stereocenters. The van der Waals surface area contributed by atoms with Gasteiger partial charge in [-0.05, 0) is 44.4 Å². The average molecular weight is 351 g/mol. The normalized spacial score (nSPS) is 18.3. The van der Waals surface area contributed by atoms with Crippen molar-refractivity contribution in [2.75, 3.05) is 13.1 Å². The minimum absolute atomic E-state index is 0.594. The Bertz CT molecular complexity index is 852. The van der Waals surface area contributed by atoms with Crippen LogP contribution in [0.25, 0.3) is 11.4 Å². The van der Waals surface area contributed by atoms with Crippen LogP contribution in [0.15, 0.2) is 36.8 Å². The summed E-state index contributed by atoms with van der Waals surface area (Å²) in [6.07, 6.45) is 8.25. The first-order chi connectivity index (χ1) is 12.7. The minimum atomic E-state index is 0.594. The number of likely N-dealkylation sites (tertiary alicyclic amines) is 1. The van der Waals surface area contributed by atoms with E-state index in [4.69, 9.17) is 0 Å². The van der Waals surface area contributed by atoms with Crippen LogP contribution in [0.1, 0.15) is 24.4 Å². The second kappa shape index (κ2) is 7.37. The van der Waals surface area contributed by atoms with E-state index in [0.717, 1.165) is 43.4 Å². The molecule has 3 aromatic heterocycles. The lowest BCUT2D eigenvalue weighted by Crippen LogP contribution is -2.37. The van der Waals surface area contributed by atoms with E-state index in [1.54, 1.807) is 6.20 Å². The Hall–Kier alpha value is -2.54. The van der Waals surface area contributed by atoms with Crippen molar-refractivity contribution < 1.29 is 0 Å². The Labute approximate surface area is 153 Å². The van der Waals surface area contributed by atoms with E-state index in [2.05, 4.69) is 36.8 Å². The predicted octanol–water partition coefficient (Wildman–Crippen LogP) is 2.29. The molecule has 0 aliphatic carbocycles. The quantitative estimate of drug-likeness (QED) is 0.706. The van der Waals surface area contributed by atoms with Crippen LogP contribution in [0.4, 0.5) is 0 Å². The Kier molecular flexibility index (Phi) is 4.79. The number of aromatic nitrogens is 6. The van der Waals surface area contributed by atoms with Crippen molar-refractivity contribution in [3.63, 3.8) is 0 Å². The SMILES string of the molecule is Cc1ncc(CN2CCCC(Cn3cc(-c4ccccn4)nn3)C2)n1C. The molecule has 0 amide bonds. The van der Waals surface area contributed by atoms with Gasteiger partial charge in [-0.25, -0.2) is 4.98 Å². The Balaban J connectivity index is 1.38. The van der Waals surface area contributed by atoms with Crippen LogP contribution in [0.3, 0.4) is 0 Å². The molecule has 0 saturated carbocycles. The van der Waals surface area contributed by atoms with Crippen LogP contribution in [0, 0.1) is 12.8 Å². The summed E-state index contributed by atoms with van der Waals surface area (Å²) in [5.74, 6) is 1.66. The molecule has 0 aromatic carbocycles. The summed E-state index contributed by atoms with van der Waals surface area (Å²) in [5, 5.41) is 8.59. The number of hydrogen-bond acceptors (Lipinski definition) is 5. The standard InChI is InChI=1S/C19H25N7/c1-15-21-10-17(24(15)2)13-25-9-5-6-16(11-25)12-26-14-19(22-23-26)18-7-3-4-8-20-18/h3-4,7-8,10,14,16H,5-6,9,11-13H2,1-2H3. The van der Waals surface area contributed by atoms with Crippen LogP contribution in [-0.2, 0) is 20.1 Å². The van der Waals surface area contributed by atoms with E-state index in [1.165, 1.54) is 18.5 Å². The lowest BCUT2D eigenvalue weighted by atomic mass is 9.98. The van der Waals surface area contributed by atoms with Crippen molar-refractivity contribution in [2.45, 2.75) is 32.9 Å². The maximum Gasteiger partial charge on any atom is 0.131 e. The maximum atomic E-state index is 4.41. The van der Waals surface area contributed by atoms with Gasteiger partial charge in [-0.3, -0.25) is 14.6 Å². The summed E-state index contributed by atoms with van der Waals surface area (Å²) in [6.45, 7) is 6.15. The molecular formula is C19H25N7. The fourth-order valence-corrected chi connectivity index (χ4v) is 3.65. The summed E-state index contributed by atoms with van der Waals surface area (Å²) in [6, 6.07) is 5.85. The van der Waals surface area contributed by atoms with Crippen molar-refractivity contribution in [1.29, 1.82) is 0 Å². The first-order valence-electron chi connectivity index (χ1n) is 9.20. The molecule has 3 aromatic rings. The summed E-state index contributed by atoms with van der Waals surface area (Å²) in [7, 11) is 2.09. The summed E-state index contributed by atoms with van der Waals surface area (Å²) in [4.78, 5) is 11.3. The van der Waals surface area contributed by atoms with E-state index in [1.807, 2.05) is 42.2 Å². The first-order valence-corrected chi connectivity index (χ1v) is 9.20. The number of hydrogen-bond donors (Lipinski definition) is 0. The van der Waals surface area contributed by atoms with E-state index >= 15 is 0 Å². The highest BCUT2D eigenvalue weighted by Gasteiger charge is 2.22. The van der Waals surface area contributed by atoms with Gasteiger partial charge in [-0.15, -0.1) is 5.10 Å². The number of aryl methyl sites for hydroxylation is 1. The molecule has 0 N–H and O–H groups in total. The van der Waals surface area contributed by atoms with Gasteiger partial charge in [-0.1, -0.05) is 11.3 Å². The van der Waals surface area contributed by atoms with Gasteiger partial charge in [0.1, 0.15) is 11.5 Å². The Morgan fingerprint density at radius 2 is 2.12 bits per heavy atom. The first kappa shape index (κ1) is 16.9. The summed E-state index contributed by atoms with van der Waals surface area (Å²) < 4.78 is 4.15. The van der Waals surface area contributed by atoms with Crippen LogP contribution >= 0.6 is 0 Å². The number of imidazole rings is 1. The van der Waals surface area contributed by atoms with Gasteiger partial charge in [0.2, 0.25) is 0 Å². The molecule has 0 spiro atoms. The zero-order chi connectivity index (χ0) is 17.9. The fourth-order valence-electron chi connectivity index (χ4n) is 3.65. The Morgan fingerprint density at radius 1 is 1.19 bits per heavy atom. The van der Waals surface area contributed by atoms with Gasteiger partial charge >= 0.3 is 0 Å². The van der Waals surface area contributed by atoms with Gasteiger partial charge in [-0.2, -0.15) is 0 Å². The smallest absolute Gasteiger partial charge is 0.131 e. The molecule has 136 valence electrons. The van der Waals surface area contributed by atoms with E-state index in [0.29, 0.717) is 5.92 Å². The van der Waals surface area contributed by atoms with Crippen molar-refractivity contribution in [3.05, 3.63) is 48.3 Å². The zero-order valence-corrected chi connectivity index (χ0v) is 15.4. The highest BCUT2D eigenvalue weighted by molar-refractivity contribution is 5.51. The second-order valence-electron chi connectivity index (χ2n) is 7.14. The van der Waals surface area contributed by atoms with Crippen LogP contribution in [-0.4, -0.2) is 47.5 Å². The molecule has 4 rings (SSSR count). The zero-order valence-electron chi connectivity index (χ0n) is 15.4. The van der Waals surface area contributed by atoms with Gasteiger partial charge in [0.25, 0.3) is 0 Å². The fraction of sp³-hybridized carbons (Fsp3) is 0.474. The molecule has 1 saturated heterocycles. The molecule has 4 heterocycles. The monoisotopic (exact) mass is 351 g/mol. The lowest BCUT2D eigenvalue weighted by Gasteiger charge is -2.32. The molecule has 1 aliphatic rings. The second-order valence-corrected chi connectivity index (χ2v) is 7.14. The van der Waals surface area contributed by atoms with Crippen molar-refractivity contribution in [2.24, 2.45) is 13.0 Å². The van der Waals surface area contributed by atoms with Gasteiger partial charge in [0.15, 0.2) is 0 Å². The van der Waals surface area contributed by atoms with Gasteiger partial charge in [0, 0.05) is 39.1 Å². The number of pyridine rings is 1. The van der Waals surface area contributed by atoms with Gasteiger partial charge < -0.3 is 4.57 Å². The average Bonchev–Trinajstić information content (AvgIpc) is 3.25. The van der Waals surface area contributed by atoms with Crippen LogP contribution < -0.4 is 0 Å². The third kappa shape index (κ3) is 3.67. The maximum absolute atomic E-state index is 4.41. The highest BCUT2D eigenvalue weighted by atomic mass is 15.4. The summed E-state index contributed by atoms with van der Waals surface area (Å²) >= 11 is 0. The highest BCUT2D eigenvalue weighted by Crippen LogP contribution is 2.21. The molecular weight excluding hydrogens is 326 g/mol. The number of rotatable bonds is 5. The predicted molar refractivity (Wildman–Crippen MR) is 99.2 cm³/mol. The van der Waals surface area contributed by atoms with E-state index in [-0.39, 0.29) is 0 Å².